The fourth-order valence-electron chi connectivity index (χ4n) is 5.19. The molecule has 0 aromatic rings. The average Bonchev–Trinajstić information content (AvgIpc) is 3.24. The number of nitrogens with zero attached hydrogens (tertiary/aromatic N) is 2. The lowest BCUT2D eigenvalue weighted by molar-refractivity contribution is 0.0100. The van der Waals surface area contributed by atoms with E-state index in [2.05, 4.69) is 16.3 Å². The normalized spacial score (nSPS) is 36.7. The van der Waals surface area contributed by atoms with Gasteiger partial charge in [-0.15, -0.1) is 0 Å². The molecule has 1 N–H and O–H groups in total. The van der Waals surface area contributed by atoms with Crippen LogP contribution in [0, 0.1) is 5.41 Å². The molecule has 4 rings (SSSR count). The third-order valence-electron chi connectivity index (χ3n) is 6.60. The Balaban J connectivity index is 1.26. The maximum atomic E-state index is 11.9. The van der Waals surface area contributed by atoms with Crippen molar-refractivity contribution >= 4 is 6.09 Å². The molecule has 0 unspecified atom stereocenters. The molecule has 1 amide bonds. The highest BCUT2D eigenvalue weighted by atomic mass is 16.6. The van der Waals surface area contributed by atoms with Gasteiger partial charge in [-0.25, -0.2) is 4.79 Å². The van der Waals surface area contributed by atoms with Crippen molar-refractivity contribution in [1.29, 1.82) is 0 Å². The van der Waals surface area contributed by atoms with E-state index in [9.17, 15) is 4.79 Å². The van der Waals surface area contributed by atoms with Crippen molar-refractivity contribution in [2.24, 2.45) is 5.41 Å². The second kappa shape index (κ2) is 6.68. The van der Waals surface area contributed by atoms with Gasteiger partial charge < -0.3 is 15.0 Å². The van der Waals surface area contributed by atoms with Crippen LogP contribution in [0.5, 0.6) is 0 Å². The number of carbonyl (C=O) groups excluding carboxylic acids is 1. The van der Waals surface area contributed by atoms with Gasteiger partial charge in [0.1, 0.15) is 0 Å². The van der Waals surface area contributed by atoms with Crippen LogP contribution in [0.3, 0.4) is 0 Å². The number of ether oxygens (including phenoxy) is 1. The van der Waals surface area contributed by atoms with Gasteiger partial charge in [-0.3, -0.25) is 4.90 Å². The van der Waals surface area contributed by atoms with Crippen molar-refractivity contribution in [3.8, 4) is 0 Å². The Morgan fingerprint density at radius 1 is 1.42 bits per heavy atom. The van der Waals surface area contributed by atoms with Gasteiger partial charge in [0.2, 0.25) is 0 Å². The van der Waals surface area contributed by atoms with E-state index in [1.807, 2.05) is 11.8 Å². The largest absolute Gasteiger partial charge is 0.450 e. The van der Waals surface area contributed by atoms with Gasteiger partial charge in [0.15, 0.2) is 0 Å². The fourth-order valence-corrected chi connectivity index (χ4v) is 5.19. The van der Waals surface area contributed by atoms with Gasteiger partial charge >= 0.3 is 6.09 Å². The quantitative estimate of drug-likeness (QED) is 0.806. The smallest absolute Gasteiger partial charge is 0.409 e. The molecule has 0 bridgehead atoms. The molecule has 5 heteroatoms. The van der Waals surface area contributed by atoms with E-state index in [4.69, 9.17) is 4.74 Å². The van der Waals surface area contributed by atoms with Crippen molar-refractivity contribution in [3.63, 3.8) is 0 Å². The molecule has 5 nitrogen and oxygen atoms in total. The molecule has 1 saturated carbocycles. The van der Waals surface area contributed by atoms with Crippen LogP contribution in [0.25, 0.3) is 0 Å². The van der Waals surface area contributed by atoms with E-state index < -0.39 is 0 Å². The molecule has 4 aliphatic rings. The Kier molecular flexibility index (Phi) is 4.56. The summed E-state index contributed by atoms with van der Waals surface area (Å²) >= 11 is 0. The highest BCUT2D eigenvalue weighted by Crippen LogP contribution is 2.50. The lowest BCUT2D eigenvalue weighted by Crippen LogP contribution is -2.53. The van der Waals surface area contributed by atoms with Crippen LogP contribution in [0.4, 0.5) is 4.79 Å². The summed E-state index contributed by atoms with van der Waals surface area (Å²) in [5, 5.41) is 3.63. The zero-order valence-corrected chi connectivity index (χ0v) is 14.9. The SMILES string of the molecule is CCOC(=O)N1CCC2(CC(N3CC=C([C@@H]4CCCN4)CC3)C2)C1. The Labute approximate surface area is 145 Å². The average molecular weight is 333 g/mol. The maximum absolute atomic E-state index is 11.9. The molecular weight excluding hydrogens is 302 g/mol. The van der Waals surface area contributed by atoms with Crippen LogP contribution in [0.2, 0.25) is 0 Å². The van der Waals surface area contributed by atoms with Gasteiger partial charge in [0.25, 0.3) is 0 Å². The summed E-state index contributed by atoms with van der Waals surface area (Å²) < 4.78 is 5.15. The summed E-state index contributed by atoms with van der Waals surface area (Å²) in [4.78, 5) is 16.5. The molecule has 0 radical (unpaired) electrons. The van der Waals surface area contributed by atoms with E-state index in [-0.39, 0.29) is 6.09 Å². The van der Waals surface area contributed by atoms with Crippen molar-refractivity contribution in [2.45, 2.75) is 57.5 Å². The Hall–Kier alpha value is -1.07. The van der Waals surface area contributed by atoms with Crippen molar-refractivity contribution in [1.82, 2.24) is 15.1 Å². The molecule has 1 spiro atoms. The highest BCUT2D eigenvalue weighted by molar-refractivity contribution is 5.68. The Morgan fingerprint density at radius 3 is 2.96 bits per heavy atom. The van der Waals surface area contributed by atoms with E-state index in [1.165, 1.54) is 45.2 Å². The topological polar surface area (TPSA) is 44.8 Å². The molecule has 3 heterocycles. The summed E-state index contributed by atoms with van der Waals surface area (Å²) in [5.74, 6) is 0. The first-order valence-electron chi connectivity index (χ1n) is 9.77. The van der Waals surface area contributed by atoms with Gasteiger partial charge in [-0.1, -0.05) is 11.6 Å². The summed E-state index contributed by atoms with van der Waals surface area (Å²) in [6, 6.07) is 1.38. The van der Waals surface area contributed by atoms with Crippen LogP contribution in [0.1, 0.15) is 45.4 Å². The van der Waals surface area contributed by atoms with E-state index in [0.717, 1.165) is 32.1 Å². The summed E-state index contributed by atoms with van der Waals surface area (Å²) in [6.07, 6.45) is 9.92. The maximum Gasteiger partial charge on any atom is 0.409 e. The second-order valence-electron chi connectivity index (χ2n) is 8.11. The monoisotopic (exact) mass is 333 g/mol. The molecule has 3 aliphatic heterocycles. The standard InChI is InChI=1S/C19H31N3O2/c1-2-24-18(23)22-11-7-19(14-22)12-16(13-19)21-9-5-15(6-10-21)17-4-3-8-20-17/h5,16-17,20H,2-4,6-14H2,1H3/t16?,17-,19?/m0/s1. The number of carbonyl (C=O) groups is 1. The molecule has 1 atom stereocenters. The summed E-state index contributed by atoms with van der Waals surface area (Å²) in [5.41, 5.74) is 2.03. The molecule has 0 aromatic heterocycles. The summed E-state index contributed by atoms with van der Waals surface area (Å²) in [7, 11) is 0. The Bertz CT molecular complexity index is 507. The molecule has 3 fully saturated rings. The number of nitrogens with one attached hydrogen (secondary N) is 1. The fraction of sp³-hybridized carbons (Fsp3) is 0.842. The second-order valence-corrected chi connectivity index (χ2v) is 8.11. The number of amides is 1. The highest BCUT2D eigenvalue weighted by Gasteiger charge is 2.51. The van der Waals surface area contributed by atoms with Gasteiger partial charge in [0.05, 0.1) is 6.61 Å². The zero-order valence-electron chi connectivity index (χ0n) is 14.9. The lowest BCUT2D eigenvalue weighted by Gasteiger charge is -2.50. The number of likely N-dealkylation sites (tertiary alicyclic amines) is 1. The number of hydrogen-bond acceptors (Lipinski definition) is 4. The molecular formula is C19H31N3O2. The van der Waals surface area contributed by atoms with Crippen molar-refractivity contribution < 1.29 is 9.53 Å². The molecule has 0 aromatic carbocycles. The van der Waals surface area contributed by atoms with Crippen molar-refractivity contribution in [2.75, 3.05) is 39.3 Å². The molecule has 134 valence electrons. The van der Waals surface area contributed by atoms with Gasteiger partial charge in [0, 0.05) is 38.3 Å². The minimum absolute atomic E-state index is 0.118. The van der Waals surface area contributed by atoms with E-state index in [0.29, 0.717) is 18.1 Å². The summed E-state index contributed by atoms with van der Waals surface area (Å²) in [6.45, 7) is 7.66. The first-order valence-corrected chi connectivity index (χ1v) is 9.77. The van der Waals surface area contributed by atoms with Crippen LogP contribution >= 0.6 is 0 Å². The van der Waals surface area contributed by atoms with E-state index in [1.54, 1.807) is 5.57 Å². The van der Waals surface area contributed by atoms with Crippen LogP contribution < -0.4 is 5.32 Å². The zero-order chi connectivity index (χ0) is 16.6. The third-order valence-corrected chi connectivity index (χ3v) is 6.60. The van der Waals surface area contributed by atoms with Gasteiger partial charge in [-0.05, 0) is 57.4 Å². The molecule has 2 saturated heterocycles. The number of rotatable bonds is 3. The van der Waals surface area contributed by atoms with Crippen LogP contribution in [0.15, 0.2) is 11.6 Å². The predicted molar refractivity (Wildman–Crippen MR) is 94.0 cm³/mol. The van der Waals surface area contributed by atoms with Gasteiger partial charge in [-0.2, -0.15) is 0 Å². The van der Waals surface area contributed by atoms with Crippen molar-refractivity contribution in [3.05, 3.63) is 11.6 Å². The third kappa shape index (κ3) is 3.08. The molecule has 24 heavy (non-hydrogen) atoms. The molecule has 1 aliphatic carbocycles. The predicted octanol–water partition coefficient (Wildman–Crippen LogP) is 2.38. The minimum Gasteiger partial charge on any atom is -0.450 e. The Morgan fingerprint density at radius 2 is 2.29 bits per heavy atom. The first kappa shape index (κ1) is 16.4. The first-order chi connectivity index (χ1) is 11.7. The minimum atomic E-state index is -0.118. The lowest BCUT2D eigenvalue weighted by atomic mass is 9.64. The van der Waals surface area contributed by atoms with E-state index >= 15 is 0 Å². The van der Waals surface area contributed by atoms with Crippen LogP contribution in [-0.2, 0) is 4.74 Å². The van der Waals surface area contributed by atoms with Crippen LogP contribution in [-0.4, -0.2) is 67.3 Å². The number of hydrogen-bond donors (Lipinski definition) is 1.